The van der Waals surface area contributed by atoms with Crippen LogP contribution in [0.5, 0.6) is 0 Å². The standard InChI is InChI=1S/C22H26O2S/c1-13(15-8-10-25-19(15)20(23)24)17-11-14(21(2,3)4)12-18-16(17)7-9-22(18,5)6/h8,10-12H,1,7,9H2,2-6H3,(H,23,24). The van der Waals surface area contributed by atoms with Gasteiger partial charge in [0.1, 0.15) is 4.88 Å². The molecular formula is C22H26O2S. The van der Waals surface area contributed by atoms with Gasteiger partial charge in [-0.15, -0.1) is 11.3 Å². The minimum atomic E-state index is -0.880. The number of carboxylic acid groups (broad SMARTS) is 1. The van der Waals surface area contributed by atoms with Crippen LogP contribution in [0.1, 0.15) is 78.5 Å². The van der Waals surface area contributed by atoms with Crippen molar-refractivity contribution in [3.05, 3.63) is 62.9 Å². The summed E-state index contributed by atoms with van der Waals surface area (Å²) in [7, 11) is 0. The van der Waals surface area contributed by atoms with E-state index in [0.717, 1.165) is 29.5 Å². The van der Waals surface area contributed by atoms with E-state index in [9.17, 15) is 9.90 Å². The average Bonchev–Trinajstić information content (AvgIpc) is 3.10. The van der Waals surface area contributed by atoms with Crippen molar-refractivity contribution in [2.45, 2.75) is 58.3 Å². The van der Waals surface area contributed by atoms with Crippen molar-refractivity contribution in [2.75, 3.05) is 0 Å². The van der Waals surface area contributed by atoms with Crippen molar-refractivity contribution in [1.29, 1.82) is 0 Å². The first-order chi connectivity index (χ1) is 11.5. The molecule has 1 aromatic heterocycles. The van der Waals surface area contributed by atoms with Gasteiger partial charge >= 0.3 is 5.97 Å². The summed E-state index contributed by atoms with van der Waals surface area (Å²) in [5.41, 5.74) is 6.89. The number of rotatable bonds is 3. The highest BCUT2D eigenvalue weighted by Crippen LogP contribution is 2.45. The zero-order valence-electron chi connectivity index (χ0n) is 15.7. The van der Waals surface area contributed by atoms with Crippen LogP contribution in [0.3, 0.4) is 0 Å². The van der Waals surface area contributed by atoms with E-state index in [1.165, 1.54) is 28.0 Å². The van der Waals surface area contributed by atoms with Crippen molar-refractivity contribution in [1.82, 2.24) is 0 Å². The van der Waals surface area contributed by atoms with Gasteiger partial charge in [-0.25, -0.2) is 4.79 Å². The molecule has 0 fully saturated rings. The van der Waals surface area contributed by atoms with Crippen LogP contribution in [0.15, 0.2) is 30.2 Å². The maximum atomic E-state index is 11.6. The van der Waals surface area contributed by atoms with Crippen molar-refractivity contribution in [2.24, 2.45) is 0 Å². The third-order valence-corrected chi connectivity index (χ3v) is 6.26. The second-order valence-electron chi connectivity index (χ2n) is 8.63. The quantitative estimate of drug-likeness (QED) is 0.731. The Kier molecular flexibility index (Phi) is 4.19. The molecule has 1 N–H and O–H groups in total. The maximum absolute atomic E-state index is 11.6. The first-order valence-corrected chi connectivity index (χ1v) is 9.58. The lowest BCUT2D eigenvalue weighted by Crippen LogP contribution is -2.17. The fraction of sp³-hybridized carbons (Fsp3) is 0.409. The zero-order chi connectivity index (χ0) is 18.6. The molecule has 1 aromatic carbocycles. The lowest BCUT2D eigenvalue weighted by Gasteiger charge is -2.26. The summed E-state index contributed by atoms with van der Waals surface area (Å²) in [6.07, 6.45) is 2.14. The Hall–Kier alpha value is -1.87. The molecule has 1 heterocycles. The highest BCUT2D eigenvalue weighted by atomic mass is 32.1. The van der Waals surface area contributed by atoms with E-state index in [1.807, 2.05) is 11.4 Å². The molecule has 3 rings (SSSR count). The van der Waals surface area contributed by atoms with Gasteiger partial charge in [-0.05, 0) is 62.9 Å². The average molecular weight is 355 g/mol. The molecule has 0 spiro atoms. The number of fused-ring (bicyclic) bond motifs is 1. The number of hydrogen-bond acceptors (Lipinski definition) is 2. The predicted molar refractivity (Wildman–Crippen MR) is 106 cm³/mol. The van der Waals surface area contributed by atoms with Crippen molar-refractivity contribution in [3.8, 4) is 0 Å². The van der Waals surface area contributed by atoms with Crippen LogP contribution in [-0.4, -0.2) is 11.1 Å². The summed E-state index contributed by atoms with van der Waals surface area (Å²) in [5.74, 6) is -0.880. The number of benzene rings is 1. The molecule has 25 heavy (non-hydrogen) atoms. The van der Waals surface area contributed by atoms with Gasteiger partial charge in [-0.1, -0.05) is 53.3 Å². The molecule has 0 saturated carbocycles. The molecule has 0 bridgehead atoms. The molecule has 1 aliphatic carbocycles. The number of carboxylic acids is 1. The van der Waals surface area contributed by atoms with Gasteiger partial charge in [0.15, 0.2) is 0 Å². The number of thiophene rings is 1. The van der Waals surface area contributed by atoms with E-state index in [2.05, 4.69) is 53.3 Å². The third-order valence-electron chi connectivity index (χ3n) is 5.35. The van der Waals surface area contributed by atoms with Gasteiger partial charge in [0.2, 0.25) is 0 Å². The SMILES string of the molecule is C=C(c1ccsc1C(=O)O)c1cc(C(C)(C)C)cc2c1CCC2(C)C. The Balaban J connectivity index is 2.22. The normalized spacial score (nSPS) is 15.9. The maximum Gasteiger partial charge on any atom is 0.346 e. The van der Waals surface area contributed by atoms with Crippen LogP contribution in [-0.2, 0) is 17.3 Å². The fourth-order valence-electron chi connectivity index (χ4n) is 3.68. The van der Waals surface area contributed by atoms with Crippen molar-refractivity contribution < 1.29 is 9.90 Å². The van der Waals surface area contributed by atoms with Crippen molar-refractivity contribution in [3.63, 3.8) is 0 Å². The van der Waals surface area contributed by atoms with Gasteiger partial charge in [0, 0.05) is 5.56 Å². The summed E-state index contributed by atoms with van der Waals surface area (Å²) in [6.45, 7) is 15.6. The second-order valence-corrected chi connectivity index (χ2v) is 9.55. The van der Waals surface area contributed by atoms with E-state index >= 15 is 0 Å². The van der Waals surface area contributed by atoms with Crippen LogP contribution in [0.4, 0.5) is 0 Å². The van der Waals surface area contributed by atoms with Gasteiger partial charge in [-0.3, -0.25) is 0 Å². The lowest BCUT2D eigenvalue weighted by molar-refractivity contribution is 0.0702. The zero-order valence-corrected chi connectivity index (χ0v) is 16.5. The number of hydrogen-bond donors (Lipinski definition) is 1. The van der Waals surface area contributed by atoms with Crippen LogP contribution < -0.4 is 0 Å². The van der Waals surface area contributed by atoms with Gasteiger partial charge in [0.25, 0.3) is 0 Å². The Bertz CT molecular complexity index is 863. The highest BCUT2D eigenvalue weighted by Gasteiger charge is 2.34. The third kappa shape index (κ3) is 3.06. The smallest absolute Gasteiger partial charge is 0.346 e. The van der Waals surface area contributed by atoms with Crippen LogP contribution >= 0.6 is 11.3 Å². The minimum Gasteiger partial charge on any atom is -0.477 e. The van der Waals surface area contributed by atoms with E-state index in [4.69, 9.17) is 0 Å². The Morgan fingerprint density at radius 3 is 2.52 bits per heavy atom. The van der Waals surface area contributed by atoms with Crippen LogP contribution in [0.2, 0.25) is 0 Å². The molecule has 1 aliphatic rings. The number of aromatic carboxylic acids is 1. The first kappa shape index (κ1) is 17.9. The van der Waals surface area contributed by atoms with Crippen molar-refractivity contribution >= 4 is 22.9 Å². The molecular weight excluding hydrogens is 328 g/mol. The first-order valence-electron chi connectivity index (χ1n) is 8.70. The molecule has 132 valence electrons. The Morgan fingerprint density at radius 2 is 1.92 bits per heavy atom. The van der Waals surface area contributed by atoms with Crippen LogP contribution in [0, 0.1) is 0 Å². The molecule has 2 nitrogen and oxygen atoms in total. The molecule has 0 amide bonds. The summed E-state index contributed by atoms with van der Waals surface area (Å²) < 4.78 is 0. The molecule has 0 atom stereocenters. The molecule has 0 unspecified atom stereocenters. The lowest BCUT2D eigenvalue weighted by atomic mass is 9.78. The van der Waals surface area contributed by atoms with Gasteiger partial charge in [0.05, 0.1) is 0 Å². The summed E-state index contributed by atoms with van der Waals surface area (Å²) >= 11 is 1.26. The molecule has 0 aliphatic heterocycles. The monoisotopic (exact) mass is 354 g/mol. The van der Waals surface area contributed by atoms with Crippen LogP contribution in [0.25, 0.3) is 5.57 Å². The fourth-order valence-corrected chi connectivity index (χ4v) is 4.44. The molecule has 0 radical (unpaired) electrons. The molecule has 2 aromatic rings. The topological polar surface area (TPSA) is 37.3 Å². The van der Waals surface area contributed by atoms with Gasteiger partial charge in [-0.2, -0.15) is 0 Å². The van der Waals surface area contributed by atoms with E-state index < -0.39 is 5.97 Å². The largest absolute Gasteiger partial charge is 0.477 e. The minimum absolute atomic E-state index is 0.0347. The Labute approximate surface area is 154 Å². The highest BCUT2D eigenvalue weighted by molar-refractivity contribution is 7.12. The number of carbonyl (C=O) groups is 1. The van der Waals surface area contributed by atoms with E-state index in [0.29, 0.717) is 4.88 Å². The summed E-state index contributed by atoms with van der Waals surface area (Å²) in [5, 5.41) is 11.3. The molecule has 3 heteroatoms. The van der Waals surface area contributed by atoms with E-state index in [1.54, 1.807) is 0 Å². The van der Waals surface area contributed by atoms with Gasteiger partial charge < -0.3 is 5.11 Å². The second kappa shape index (κ2) is 5.84. The predicted octanol–water partition coefficient (Wildman–Crippen LogP) is 6.03. The van der Waals surface area contributed by atoms with E-state index in [-0.39, 0.29) is 10.8 Å². The summed E-state index contributed by atoms with van der Waals surface area (Å²) in [4.78, 5) is 11.9. The molecule has 0 saturated heterocycles. The Morgan fingerprint density at radius 1 is 1.24 bits per heavy atom. The summed E-state index contributed by atoms with van der Waals surface area (Å²) in [6, 6.07) is 6.46.